The van der Waals surface area contributed by atoms with Gasteiger partial charge in [-0.25, -0.2) is 9.78 Å². The fourth-order valence-electron chi connectivity index (χ4n) is 3.18. The Labute approximate surface area is 170 Å². The summed E-state index contributed by atoms with van der Waals surface area (Å²) in [5.41, 5.74) is 2.47. The van der Waals surface area contributed by atoms with Gasteiger partial charge in [0.2, 0.25) is 5.95 Å². The maximum absolute atomic E-state index is 12.1. The second-order valence-corrected chi connectivity index (χ2v) is 7.37. The molecular formula is C20H27ClN6O. The predicted molar refractivity (Wildman–Crippen MR) is 115 cm³/mol. The van der Waals surface area contributed by atoms with E-state index in [2.05, 4.69) is 30.8 Å². The van der Waals surface area contributed by atoms with Crippen LogP contribution in [0.3, 0.4) is 0 Å². The van der Waals surface area contributed by atoms with Crippen LogP contribution in [0.4, 0.5) is 22.2 Å². The molecule has 150 valence electrons. The number of rotatable bonds is 6. The van der Waals surface area contributed by atoms with Crippen molar-refractivity contribution < 1.29 is 4.79 Å². The molecule has 2 heterocycles. The highest BCUT2D eigenvalue weighted by Crippen LogP contribution is 2.22. The van der Waals surface area contributed by atoms with E-state index in [1.807, 2.05) is 32.0 Å². The molecule has 2 amide bonds. The van der Waals surface area contributed by atoms with Gasteiger partial charge in [0.25, 0.3) is 0 Å². The summed E-state index contributed by atoms with van der Waals surface area (Å²) in [5.74, 6) is 1.56. The van der Waals surface area contributed by atoms with Crippen LogP contribution in [0.5, 0.6) is 0 Å². The molecule has 1 aromatic carbocycles. The van der Waals surface area contributed by atoms with Crippen LogP contribution in [0.25, 0.3) is 0 Å². The average Bonchev–Trinajstić information content (AvgIpc) is 2.69. The predicted octanol–water partition coefficient (Wildman–Crippen LogP) is 3.97. The van der Waals surface area contributed by atoms with Gasteiger partial charge in [-0.1, -0.05) is 17.7 Å². The van der Waals surface area contributed by atoms with E-state index in [1.54, 1.807) is 6.07 Å². The largest absolute Gasteiger partial charge is 0.356 e. The van der Waals surface area contributed by atoms with Gasteiger partial charge in [0.1, 0.15) is 5.82 Å². The zero-order chi connectivity index (χ0) is 19.9. The number of piperidine rings is 1. The number of aryl methyl sites for hydroxylation is 1. The molecule has 0 aliphatic carbocycles. The molecule has 0 spiro atoms. The van der Waals surface area contributed by atoms with Crippen LogP contribution < -0.4 is 20.9 Å². The van der Waals surface area contributed by atoms with Crippen LogP contribution in [-0.4, -0.2) is 42.2 Å². The number of halogens is 1. The average molecular weight is 403 g/mol. The lowest BCUT2D eigenvalue weighted by atomic mass is 10.1. The molecule has 1 aliphatic heterocycles. The lowest BCUT2D eigenvalue weighted by Crippen LogP contribution is -2.33. The minimum atomic E-state index is -0.272. The van der Waals surface area contributed by atoms with Crippen molar-refractivity contribution in [2.24, 2.45) is 0 Å². The Hall–Kier alpha value is -2.54. The smallest absolute Gasteiger partial charge is 0.319 e. The number of amides is 2. The van der Waals surface area contributed by atoms with Gasteiger partial charge in [0.05, 0.1) is 0 Å². The van der Waals surface area contributed by atoms with Crippen LogP contribution in [0.15, 0.2) is 24.3 Å². The van der Waals surface area contributed by atoms with Gasteiger partial charge in [-0.05, 0) is 50.8 Å². The summed E-state index contributed by atoms with van der Waals surface area (Å²) in [6.45, 7) is 6.90. The van der Waals surface area contributed by atoms with Crippen molar-refractivity contribution in [3.8, 4) is 0 Å². The van der Waals surface area contributed by atoms with Crippen molar-refractivity contribution in [1.29, 1.82) is 0 Å². The third-order valence-electron chi connectivity index (χ3n) is 4.73. The van der Waals surface area contributed by atoms with Crippen molar-refractivity contribution in [3.63, 3.8) is 0 Å². The Morgan fingerprint density at radius 2 is 1.93 bits per heavy atom. The Kier molecular flexibility index (Phi) is 6.92. The molecule has 1 aromatic heterocycles. The summed E-state index contributed by atoms with van der Waals surface area (Å²) in [7, 11) is 0. The standard InChI is InChI=1S/C20H27ClN6O/c1-14-13-18(27-11-4-3-5-12-27)26-19(24-14)22-9-10-23-20(28)25-17-8-6-7-16(21)15(17)2/h6-8,13H,3-5,9-12H2,1-2H3,(H,22,24,26)(H2,23,25,28). The van der Waals surface area contributed by atoms with Crippen molar-refractivity contribution >= 4 is 35.1 Å². The lowest BCUT2D eigenvalue weighted by molar-refractivity contribution is 0.252. The molecule has 1 aliphatic rings. The molecule has 7 nitrogen and oxygen atoms in total. The summed E-state index contributed by atoms with van der Waals surface area (Å²) in [4.78, 5) is 23.4. The molecule has 3 rings (SSSR count). The topological polar surface area (TPSA) is 82.2 Å². The third-order valence-corrected chi connectivity index (χ3v) is 5.14. The summed E-state index contributed by atoms with van der Waals surface area (Å²) in [6, 6.07) is 7.18. The number of hydrogen-bond acceptors (Lipinski definition) is 5. The van der Waals surface area contributed by atoms with Gasteiger partial charge < -0.3 is 20.9 Å². The molecule has 2 aromatic rings. The molecule has 0 atom stereocenters. The number of aromatic nitrogens is 2. The monoisotopic (exact) mass is 402 g/mol. The fourth-order valence-corrected chi connectivity index (χ4v) is 3.35. The van der Waals surface area contributed by atoms with E-state index < -0.39 is 0 Å². The molecule has 3 N–H and O–H groups in total. The van der Waals surface area contributed by atoms with Crippen LogP contribution in [-0.2, 0) is 0 Å². The van der Waals surface area contributed by atoms with Crippen molar-refractivity contribution in [2.45, 2.75) is 33.1 Å². The van der Waals surface area contributed by atoms with Crippen LogP contribution in [0.2, 0.25) is 5.02 Å². The molecule has 0 bridgehead atoms. The lowest BCUT2D eigenvalue weighted by Gasteiger charge is -2.28. The van der Waals surface area contributed by atoms with Gasteiger partial charge in [-0.3, -0.25) is 0 Å². The van der Waals surface area contributed by atoms with Gasteiger partial charge in [-0.15, -0.1) is 0 Å². The van der Waals surface area contributed by atoms with Crippen LogP contribution in [0.1, 0.15) is 30.5 Å². The molecular weight excluding hydrogens is 376 g/mol. The molecule has 1 fully saturated rings. The molecule has 28 heavy (non-hydrogen) atoms. The molecule has 8 heteroatoms. The molecule has 0 radical (unpaired) electrons. The number of hydrogen-bond donors (Lipinski definition) is 3. The summed E-state index contributed by atoms with van der Waals surface area (Å²) in [5, 5.41) is 9.45. The summed E-state index contributed by atoms with van der Waals surface area (Å²) < 4.78 is 0. The fraction of sp³-hybridized carbons (Fsp3) is 0.450. The number of carbonyl (C=O) groups is 1. The zero-order valence-corrected chi connectivity index (χ0v) is 17.1. The van der Waals surface area contributed by atoms with E-state index in [9.17, 15) is 4.79 Å². The van der Waals surface area contributed by atoms with E-state index >= 15 is 0 Å². The van der Waals surface area contributed by atoms with Gasteiger partial charge >= 0.3 is 6.03 Å². The Balaban J connectivity index is 1.47. The van der Waals surface area contributed by atoms with E-state index in [-0.39, 0.29) is 6.03 Å². The van der Waals surface area contributed by atoms with Crippen LogP contribution >= 0.6 is 11.6 Å². The SMILES string of the molecule is Cc1cc(N2CCCCC2)nc(NCCNC(=O)Nc2cccc(Cl)c2C)n1. The number of anilines is 3. The van der Waals surface area contributed by atoms with Crippen LogP contribution in [0, 0.1) is 13.8 Å². The number of urea groups is 1. The van der Waals surface area contributed by atoms with Gasteiger partial charge in [-0.2, -0.15) is 4.98 Å². The highest BCUT2D eigenvalue weighted by Gasteiger charge is 2.14. The number of nitrogens with one attached hydrogen (secondary N) is 3. The minimum absolute atomic E-state index is 0.272. The molecule has 1 saturated heterocycles. The first-order valence-corrected chi connectivity index (χ1v) is 10.1. The normalized spacial score (nSPS) is 13.9. The van der Waals surface area contributed by atoms with Crippen molar-refractivity contribution in [2.75, 3.05) is 41.7 Å². The maximum atomic E-state index is 12.1. The zero-order valence-electron chi connectivity index (χ0n) is 16.4. The first kappa shape index (κ1) is 20.2. The van der Waals surface area contributed by atoms with E-state index in [1.165, 1.54) is 19.3 Å². The van der Waals surface area contributed by atoms with E-state index in [0.717, 1.165) is 30.2 Å². The Bertz CT molecular complexity index is 822. The Morgan fingerprint density at radius 1 is 1.14 bits per heavy atom. The highest BCUT2D eigenvalue weighted by atomic mass is 35.5. The minimum Gasteiger partial charge on any atom is -0.356 e. The van der Waals surface area contributed by atoms with E-state index in [0.29, 0.717) is 29.7 Å². The van der Waals surface area contributed by atoms with Crippen molar-refractivity contribution in [1.82, 2.24) is 15.3 Å². The van der Waals surface area contributed by atoms with Gasteiger partial charge in [0, 0.05) is 48.6 Å². The number of carbonyl (C=O) groups excluding carboxylic acids is 1. The molecule has 0 unspecified atom stereocenters. The van der Waals surface area contributed by atoms with E-state index in [4.69, 9.17) is 11.6 Å². The second kappa shape index (κ2) is 9.59. The van der Waals surface area contributed by atoms with Gasteiger partial charge in [0.15, 0.2) is 0 Å². The number of benzene rings is 1. The second-order valence-electron chi connectivity index (χ2n) is 6.96. The first-order valence-electron chi connectivity index (χ1n) is 9.67. The first-order chi connectivity index (χ1) is 13.5. The maximum Gasteiger partial charge on any atom is 0.319 e. The summed E-state index contributed by atoms with van der Waals surface area (Å²) >= 11 is 6.07. The third kappa shape index (κ3) is 5.48. The number of nitrogens with zero attached hydrogens (tertiary/aromatic N) is 3. The molecule has 0 saturated carbocycles. The quantitative estimate of drug-likeness (QED) is 0.637. The summed E-state index contributed by atoms with van der Waals surface area (Å²) in [6.07, 6.45) is 3.70. The highest BCUT2D eigenvalue weighted by molar-refractivity contribution is 6.31. The van der Waals surface area contributed by atoms with Crippen molar-refractivity contribution in [3.05, 3.63) is 40.5 Å². The Morgan fingerprint density at radius 3 is 2.71 bits per heavy atom.